The number of likely N-dealkylation sites (tertiary alicyclic amines) is 1. The summed E-state index contributed by atoms with van der Waals surface area (Å²) in [4.78, 5) is 24.5. The van der Waals surface area contributed by atoms with Gasteiger partial charge in [-0.15, -0.1) is 0 Å². The Morgan fingerprint density at radius 2 is 2.00 bits per heavy atom. The summed E-state index contributed by atoms with van der Waals surface area (Å²) in [7, 11) is 0. The van der Waals surface area contributed by atoms with Crippen molar-refractivity contribution in [3.63, 3.8) is 0 Å². The largest absolute Gasteiger partial charge is 0.481 e. The van der Waals surface area contributed by atoms with E-state index < -0.39 is 11.6 Å². The molecule has 0 unspecified atom stereocenters. The highest BCUT2D eigenvalue weighted by molar-refractivity contribution is 5.69. The van der Waals surface area contributed by atoms with Crippen molar-refractivity contribution in [1.29, 1.82) is 0 Å². The van der Waals surface area contributed by atoms with Crippen LogP contribution in [0.3, 0.4) is 0 Å². The number of ether oxygens (including phenoxy) is 1. The average molecular weight is 399 g/mol. The number of hydrogen-bond donors (Lipinski definition) is 1. The molecule has 0 atom stereocenters. The molecule has 0 aliphatic carbocycles. The third-order valence-electron chi connectivity index (χ3n) is 4.92. The molecular formula is C22H29N3O4. The van der Waals surface area contributed by atoms with Gasteiger partial charge in [-0.3, -0.25) is 9.48 Å². The predicted octanol–water partition coefficient (Wildman–Crippen LogP) is 3.74. The zero-order valence-corrected chi connectivity index (χ0v) is 17.5. The molecule has 1 aliphatic rings. The Balaban J connectivity index is 1.55. The van der Waals surface area contributed by atoms with Gasteiger partial charge >= 0.3 is 12.1 Å². The van der Waals surface area contributed by atoms with E-state index in [1.165, 1.54) is 0 Å². The van der Waals surface area contributed by atoms with Gasteiger partial charge in [0.1, 0.15) is 5.60 Å². The lowest BCUT2D eigenvalue weighted by Gasteiger charge is -2.39. The van der Waals surface area contributed by atoms with Crippen LogP contribution in [0.5, 0.6) is 0 Å². The molecule has 29 heavy (non-hydrogen) atoms. The van der Waals surface area contributed by atoms with Crippen LogP contribution in [0, 0.1) is 12.8 Å². The fourth-order valence-corrected chi connectivity index (χ4v) is 3.48. The third-order valence-corrected chi connectivity index (χ3v) is 4.92. The smallest absolute Gasteiger partial charge is 0.410 e. The van der Waals surface area contributed by atoms with Crippen molar-refractivity contribution in [2.24, 2.45) is 5.92 Å². The molecule has 0 radical (unpaired) electrons. The molecule has 1 aromatic heterocycles. The Bertz CT molecular complexity index is 892. The molecule has 7 heteroatoms. The fourth-order valence-electron chi connectivity index (χ4n) is 3.48. The highest BCUT2D eigenvalue weighted by Crippen LogP contribution is 2.26. The molecule has 1 aromatic carbocycles. The van der Waals surface area contributed by atoms with E-state index in [1.807, 2.05) is 63.0 Å². The van der Waals surface area contributed by atoms with Crippen molar-refractivity contribution in [3.8, 4) is 11.1 Å². The van der Waals surface area contributed by atoms with Crippen LogP contribution in [-0.4, -0.2) is 50.5 Å². The van der Waals surface area contributed by atoms with E-state index in [2.05, 4.69) is 5.10 Å². The maximum Gasteiger partial charge on any atom is 0.410 e. The lowest BCUT2D eigenvalue weighted by molar-refractivity contribution is -0.136. The van der Waals surface area contributed by atoms with Gasteiger partial charge in [-0.1, -0.05) is 18.2 Å². The number of carbonyl (C=O) groups is 2. The van der Waals surface area contributed by atoms with Crippen LogP contribution in [0.2, 0.25) is 0 Å². The standard InChI is InChI=1S/C22H29N3O4/c1-15-9-16(6-8-20(26)27)5-7-19(15)18-10-23-25(14-18)13-17-11-24(12-17)21(28)29-22(2,3)4/h5,7,9-10,14,17H,6,8,11-13H2,1-4H3,(H,26,27). The van der Waals surface area contributed by atoms with Crippen LogP contribution in [0.25, 0.3) is 11.1 Å². The summed E-state index contributed by atoms with van der Waals surface area (Å²) in [6.07, 6.45) is 4.29. The quantitative estimate of drug-likeness (QED) is 0.800. The zero-order chi connectivity index (χ0) is 21.2. The number of carboxylic acid groups (broad SMARTS) is 1. The number of amides is 1. The summed E-state index contributed by atoms with van der Waals surface area (Å²) >= 11 is 0. The first kappa shape index (κ1) is 20.9. The van der Waals surface area contributed by atoms with Gasteiger partial charge in [0.25, 0.3) is 0 Å². The SMILES string of the molecule is Cc1cc(CCC(=O)O)ccc1-c1cnn(CC2CN(C(=O)OC(C)(C)C)C2)c1. The minimum absolute atomic E-state index is 0.137. The first-order valence-corrected chi connectivity index (χ1v) is 9.93. The number of aryl methyl sites for hydroxylation is 2. The molecule has 1 aliphatic heterocycles. The minimum atomic E-state index is -0.783. The Labute approximate surface area is 171 Å². The molecule has 1 N–H and O–H groups in total. The lowest BCUT2D eigenvalue weighted by atomic mass is 9.99. The number of carbonyl (C=O) groups excluding carboxylic acids is 1. The molecule has 1 saturated heterocycles. The summed E-state index contributed by atoms with van der Waals surface area (Å²) in [6, 6.07) is 6.05. The van der Waals surface area contributed by atoms with Crippen LogP contribution in [0.4, 0.5) is 4.79 Å². The number of hydrogen-bond acceptors (Lipinski definition) is 4. The fraction of sp³-hybridized carbons (Fsp3) is 0.500. The maximum atomic E-state index is 12.0. The molecule has 2 heterocycles. The van der Waals surface area contributed by atoms with Gasteiger partial charge in [0, 0.05) is 43.7 Å². The molecule has 1 amide bonds. The van der Waals surface area contributed by atoms with Gasteiger partial charge in [-0.2, -0.15) is 5.10 Å². The summed E-state index contributed by atoms with van der Waals surface area (Å²) in [6.45, 7) is 9.76. The Hall–Kier alpha value is -2.83. The Kier molecular flexibility index (Phi) is 5.96. The molecular weight excluding hydrogens is 370 g/mol. The van der Waals surface area contributed by atoms with Gasteiger partial charge in [0.2, 0.25) is 0 Å². The van der Waals surface area contributed by atoms with Crippen molar-refractivity contribution in [2.45, 2.75) is 52.7 Å². The predicted molar refractivity (Wildman–Crippen MR) is 110 cm³/mol. The lowest BCUT2D eigenvalue weighted by Crippen LogP contribution is -2.52. The monoisotopic (exact) mass is 399 g/mol. The highest BCUT2D eigenvalue weighted by Gasteiger charge is 2.33. The molecule has 7 nitrogen and oxygen atoms in total. The molecule has 0 bridgehead atoms. The topological polar surface area (TPSA) is 84.7 Å². The number of rotatable bonds is 6. The molecule has 3 rings (SSSR count). The average Bonchev–Trinajstić information content (AvgIpc) is 3.02. The molecule has 0 spiro atoms. The second-order valence-corrected chi connectivity index (χ2v) is 8.75. The maximum absolute atomic E-state index is 12.0. The highest BCUT2D eigenvalue weighted by atomic mass is 16.6. The van der Waals surface area contributed by atoms with Crippen LogP contribution in [0.1, 0.15) is 38.3 Å². The van der Waals surface area contributed by atoms with Gasteiger partial charge < -0.3 is 14.7 Å². The first-order chi connectivity index (χ1) is 13.6. The van der Waals surface area contributed by atoms with E-state index in [9.17, 15) is 9.59 Å². The summed E-state index contributed by atoms with van der Waals surface area (Å²) in [5.41, 5.74) is 3.79. The second kappa shape index (κ2) is 8.27. The molecule has 156 valence electrons. The Morgan fingerprint density at radius 1 is 1.28 bits per heavy atom. The van der Waals surface area contributed by atoms with Gasteiger partial charge in [0.05, 0.1) is 6.20 Å². The van der Waals surface area contributed by atoms with Crippen molar-refractivity contribution >= 4 is 12.1 Å². The van der Waals surface area contributed by atoms with Crippen LogP contribution < -0.4 is 0 Å². The van der Waals surface area contributed by atoms with Crippen LogP contribution >= 0.6 is 0 Å². The van der Waals surface area contributed by atoms with Crippen molar-refractivity contribution in [1.82, 2.24) is 14.7 Å². The summed E-state index contributed by atoms with van der Waals surface area (Å²) in [5.74, 6) is -0.413. The van der Waals surface area contributed by atoms with E-state index in [0.29, 0.717) is 25.4 Å². The Morgan fingerprint density at radius 3 is 2.62 bits per heavy atom. The number of carboxylic acids is 1. The number of aliphatic carboxylic acids is 1. The first-order valence-electron chi connectivity index (χ1n) is 9.93. The molecule has 1 fully saturated rings. The van der Waals surface area contributed by atoms with E-state index >= 15 is 0 Å². The number of aromatic nitrogens is 2. The van der Waals surface area contributed by atoms with E-state index in [4.69, 9.17) is 9.84 Å². The molecule has 0 saturated carbocycles. The summed E-state index contributed by atoms with van der Waals surface area (Å²) in [5, 5.41) is 13.3. The van der Waals surface area contributed by atoms with Crippen LogP contribution in [0.15, 0.2) is 30.6 Å². The van der Waals surface area contributed by atoms with E-state index in [0.717, 1.165) is 28.8 Å². The van der Waals surface area contributed by atoms with Gasteiger partial charge in [0.15, 0.2) is 0 Å². The normalized spacial score (nSPS) is 14.6. The third kappa shape index (κ3) is 5.59. The van der Waals surface area contributed by atoms with Crippen molar-refractivity contribution in [2.75, 3.05) is 13.1 Å². The number of benzene rings is 1. The second-order valence-electron chi connectivity index (χ2n) is 8.75. The van der Waals surface area contributed by atoms with E-state index in [-0.39, 0.29) is 12.5 Å². The number of nitrogens with zero attached hydrogens (tertiary/aromatic N) is 3. The zero-order valence-electron chi connectivity index (χ0n) is 17.5. The van der Waals surface area contributed by atoms with Crippen molar-refractivity contribution < 1.29 is 19.4 Å². The van der Waals surface area contributed by atoms with Gasteiger partial charge in [-0.25, -0.2) is 4.79 Å². The van der Waals surface area contributed by atoms with E-state index in [1.54, 1.807) is 4.90 Å². The van der Waals surface area contributed by atoms with Crippen LogP contribution in [-0.2, 0) is 22.5 Å². The molecule has 2 aromatic rings. The summed E-state index contributed by atoms with van der Waals surface area (Å²) < 4.78 is 7.31. The van der Waals surface area contributed by atoms with Gasteiger partial charge in [-0.05, 0) is 50.8 Å². The minimum Gasteiger partial charge on any atom is -0.481 e. The van der Waals surface area contributed by atoms with Crippen molar-refractivity contribution in [3.05, 3.63) is 41.7 Å².